The van der Waals surface area contributed by atoms with Gasteiger partial charge in [-0.1, -0.05) is 22.9 Å². The van der Waals surface area contributed by atoms with Gasteiger partial charge in [0.1, 0.15) is 0 Å². The zero-order valence-corrected chi connectivity index (χ0v) is 17.1. The van der Waals surface area contributed by atoms with E-state index in [9.17, 15) is 4.79 Å². The minimum atomic E-state index is -0.283. The van der Waals surface area contributed by atoms with E-state index >= 15 is 0 Å². The van der Waals surface area contributed by atoms with Crippen LogP contribution in [-0.4, -0.2) is 25.8 Å². The first-order chi connectivity index (χ1) is 12.0. The largest absolute Gasteiger partial charge is 0.493 e. The summed E-state index contributed by atoms with van der Waals surface area (Å²) in [5, 5.41) is 4.01. The average molecular weight is 470 g/mol. The quantitative estimate of drug-likeness (QED) is 0.469. The third-order valence-corrected chi connectivity index (χ3v) is 4.44. The van der Waals surface area contributed by atoms with Gasteiger partial charge >= 0.3 is 0 Å². The second-order valence-electron chi connectivity index (χ2n) is 5.08. The van der Waals surface area contributed by atoms with Crippen molar-refractivity contribution in [1.82, 2.24) is 5.43 Å². The molecule has 0 saturated heterocycles. The van der Waals surface area contributed by atoms with Crippen molar-refractivity contribution >= 4 is 44.0 Å². The zero-order chi connectivity index (χ0) is 18.2. The van der Waals surface area contributed by atoms with Crippen LogP contribution in [0.15, 0.2) is 50.4 Å². The Morgan fingerprint density at radius 1 is 1.20 bits per heavy atom. The molecule has 2 aromatic carbocycles. The second kappa shape index (κ2) is 9.58. The molecule has 0 aromatic heterocycles. The van der Waals surface area contributed by atoms with Crippen LogP contribution in [0.3, 0.4) is 0 Å². The summed E-state index contributed by atoms with van der Waals surface area (Å²) >= 11 is 6.81. The standard InChI is InChI=1S/C18H18Br2N2O3/c1-3-8-25-17-10-15(20)13(9-16(17)24-2)11-21-22-18(23)12-4-6-14(19)7-5-12/h4-7,9-11H,3,8H2,1-2H3,(H,22,23)/b21-11+. The van der Waals surface area contributed by atoms with Crippen molar-refractivity contribution in [2.45, 2.75) is 13.3 Å². The Morgan fingerprint density at radius 2 is 1.92 bits per heavy atom. The monoisotopic (exact) mass is 468 g/mol. The first-order valence-corrected chi connectivity index (χ1v) is 9.23. The molecule has 0 bridgehead atoms. The van der Waals surface area contributed by atoms with E-state index in [1.807, 2.05) is 13.0 Å². The predicted molar refractivity (Wildman–Crippen MR) is 106 cm³/mol. The summed E-state index contributed by atoms with van der Waals surface area (Å²) in [5.74, 6) is 0.986. The van der Waals surface area contributed by atoms with E-state index in [4.69, 9.17) is 9.47 Å². The molecule has 2 rings (SSSR count). The lowest BCUT2D eigenvalue weighted by atomic mass is 10.2. The highest BCUT2D eigenvalue weighted by Crippen LogP contribution is 2.33. The fraction of sp³-hybridized carbons (Fsp3) is 0.222. The van der Waals surface area contributed by atoms with Crippen LogP contribution in [0.4, 0.5) is 0 Å². The smallest absolute Gasteiger partial charge is 0.271 e. The Hall–Kier alpha value is -1.86. The maximum Gasteiger partial charge on any atom is 0.271 e. The molecule has 0 aliphatic rings. The lowest BCUT2D eigenvalue weighted by Crippen LogP contribution is -2.17. The van der Waals surface area contributed by atoms with Crippen LogP contribution in [-0.2, 0) is 0 Å². The minimum absolute atomic E-state index is 0.283. The number of nitrogens with zero attached hydrogens (tertiary/aromatic N) is 1. The Kier molecular flexibility index (Phi) is 7.46. The van der Waals surface area contributed by atoms with Crippen LogP contribution in [0.5, 0.6) is 11.5 Å². The van der Waals surface area contributed by atoms with Gasteiger partial charge in [-0.25, -0.2) is 5.43 Å². The van der Waals surface area contributed by atoms with E-state index < -0.39 is 0 Å². The van der Waals surface area contributed by atoms with Gasteiger partial charge in [0, 0.05) is 20.1 Å². The molecule has 0 atom stereocenters. The molecule has 25 heavy (non-hydrogen) atoms. The van der Waals surface area contributed by atoms with Gasteiger partial charge in [0.05, 0.1) is 19.9 Å². The maximum atomic E-state index is 12.0. The van der Waals surface area contributed by atoms with Crippen molar-refractivity contribution in [3.63, 3.8) is 0 Å². The number of carbonyl (C=O) groups is 1. The third-order valence-electron chi connectivity index (χ3n) is 3.22. The van der Waals surface area contributed by atoms with Gasteiger partial charge in [-0.05, 0) is 58.7 Å². The number of benzene rings is 2. The van der Waals surface area contributed by atoms with E-state index in [1.54, 1.807) is 43.7 Å². The highest BCUT2D eigenvalue weighted by atomic mass is 79.9. The van der Waals surface area contributed by atoms with E-state index in [0.717, 1.165) is 20.9 Å². The van der Waals surface area contributed by atoms with Crippen molar-refractivity contribution in [3.8, 4) is 11.5 Å². The Bertz CT molecular complexity index is 762. The molecule has 1 N–H and O–H groups in total. The van der Waals surface area contributed by atoms with Gasteiger partial charge < -0.3 is 9.47 Å². The number of ether oxygens (including phenoxy) is 2. The van der Waals surface area contributed by atoms with Crippen molar-refractivity contribution in [2.24, 2.45) is 5.10 Å². The Morgan fingerprint density at radius 3 is 2.56 bits per heavy atom. The molecule has 5 nitrogen and oxygen atoms in total. The summed E-state index contributed by atoms with van der Waals surface area (Å²) in [7, 11) is 1.58. The molecular weight excluding hydrogens is 452 g/mol. The summed E-state index contributed by atoms with van der Waals surface area (Å²) < 4.78 is 12.7. The highest BCUT2D eigenvalue weighted by Gasteiger charge is 2.09. The number of hydrogen-bond donors (Lipinski definition) is 1. The molecule has 0 spiro atoms. The molecule has 0 fully saturated rings. The maximum absolute atomic E-state index is 12.0. The molecular formula is C18H18Br2N2O3. The number of carbonyl (C=O) groups excluding carboxylic acids is 1. The van der Waals surface area contributed by atoms with Gasteiger partial charge in [-0.15, -0.1) is 0 Å². The number of hydrogen-bond acceptors (Lipinski definition) is 4. The normalized spacial score (nSPS) is 10.7. The van der Waals surface area contributed by atoms with Crippen molar-refractivity contribution in [2.75, 3.05) is 13.7 Å². The number of amides is 1. The fourth-order valence-electron chi connectivity index (χ4n) is 1.96. The summed E-state index contributed by atoms with van der Waals surface area (Å²) in [5.41, 5.74) is 3.79. The topological polar surface area (TPSA) is 59.9 Å². The summed E-state index contributed by atoms with van der Waals surface area (Å²) in [6.45, 7) is 2.65. The van der Waals surface area contributed by atoms with Crippen LogP contribution in [0.25, 0.3) is 0 Å². The third kappa shape index (κ3) is 5.57. The molecule has 0 unspecified atom stereocenters. The second-order valence-corrected chi connectivity index (χ2v) is 6.85. The molecule has 7 heteroatoms. The lowest BCUT2D eigenvalue weighted by molar-refractivity contribution is 0.0955. The van der Waals surface area contributed by atoms with Gasteiger partial charge in [-0.2, -0.15) is 5.10 Å². The lowest BCUT2D eigenvalue weighted by Gasteiger charge is -2.12. The number of hydrazone groups is 1. The van der Waals surface area contributed by atoms with Crippen LogP contribution in [0.2, 0.25) is 0 Å². The van der Waals surface area contributed by atoms with Gasteiger partial charge in [0.2, 0.25) is 0 Å². The first kappa shape index (κ1) is 19.5. The fourth-order valence-corrected chi connectivity index (χ4v) is 2.65. The number of nitrogens with one attached hydrogen (secondary N) is 1. The van der Waals surface area contributed by atoms with Gasteiger partial charge in [0.15, 0.2) is 11.5 Å². The SMILES string of the molecule is CCCOc1cc(Br)c(/C=N/NC(=O)c2ccc(Br)cc2)cc1OC. The molecule has 0 aliphatic carbocycles. The van der Waals surface area contributed by atoms with Crippen LogP contribution < -0.4 is 14.9 Å². The predicted octanol–water partition coefficient (Wildman–Crippen LogP) is 4.77. The van der Waals surface area contributed by atoms with Crippen molar-refractivity contribution in [3.05, 3.63) is 56.5 Å². The Balaban J connectivity index is 2.09. The van der Waals surface area contributed by atoms with Crippen LogP contribution in [0.1, 0.15) is 29.3 Å². The average Bonchev–Trinajstić information content (AvgIpc) is 2.61. The molecule has 1 amide bonds. The van der Waals surface area contributed by atoms with Crippen LogP contribution in [0, 0.1) is 0 Å². The van der Waals surface area contributed by atoms with E-state index in [1.165, 1.54) is 0 Å². The van der Waals surface area contributed by atoms with E-state index in [-0.39, 0.29) is 5.91 Å². The summed E-state index contributed by atoms with van der Waals surface area (Å²) in [6.07, 6.45) is 2.46. The van der Waals surface area contributed by atoms with E-state index in [0.29, 0.717) is 23.7 Å². The Labute approximate surface area is 163 Å². The minimum Gasteiger partial charge on any atom is -0.493 e. The zero-order valence-electron chi connectivity index (χ0n) is 13.9. The molecule has 0 radical (unpaired) electrons. The molecule has 132 valence electrons. The highest BCUT2D eigenvalue weighted by molar-refractivity contribution is 9.10. The summed E-state index contributed by atoms with van der Waals surface area (Å²) in [4.78, 5) is 12.0. The molecule has 0 aliphatic heterocycles. The van der Waals surface area contributed by atoms with Gasteiger partial charge in [0.25, 0.3) is 5.91 Å². The number of methoxy groups -OCH3 is 1. The van der Waals surface area contributed by atoms with Crippen molar-refractivity contribution < 1.29 is 14.3 Å². The molecule has 2 aromatic rings. The molecule has 0 heterocycles. The van der Waals surface area contributed by atoms with E-state index in [2.05, 4.69) is 42.4 Å². The van der Waals surface area contributed by atoms with Gasteiger partial charge in [-0.3, -0.25) is 4.79 Å². The van der Waals surface area contributed by atoms with Crippen LogP contribution >= 0.6 is 31.9 Å². The number of halogens is 2. The summed E-state index contributed by atoms with van der Waals surface area (Å²) in [6, 6.07) is 10.7. The number of rotatable bonds is 7. The molecule has 0 saturated carbocycles. The first-order valence-electron chi connectivity index (χ1n) is 7.64. The van der Waals surface area contributed by atoms with Crippen molar-refractivity contribution in [1.29, 1.82) is 0 Å².